The molecule has 0 aliphatic carbocycles. The van der Waals surface area contributed by atoms with Crippen LogP contribution in [-0.2, 0) is 16.0 Å². The van der Waals surface area contributed by atoms with Crippen molar-refractivity contribution in [2.45, 2.75) is 31.4 Å². The van der Waals surface area contributed by atoms with Crippen LogP contribution in [0.1, 0.15) is 24.8 Å². The number of halogens is 1. The summed E-state index contributed by atoms with van der Waals surface area (Å²) >= 11 is 0. The quantitative estimate of drug-likeness (QED) is 0.834. The van der Waals surface area contributed by atoms with Crippen LogP contribution in [0.4, 0.5) is 4.39 Å². The van der Waals surface area contributed by atoms with Gasteiger partial charge in [-0.15, -0.1) is 0 Å². The number of likely N-dealkylation sites (tertiary alicyclic amines) is 1. The van der Waals surface area contributed by atoms with Gasteiger partial charge in [-0.05, 0) is 31.2 Å². The predicted octanol–water partition coefficient (Wildman–Crippen LogP) is 2.24. The molecule has 2 saturated heterocycles. The molecule has 1 spiro atoms. The van der Waals surface area contributed by atoms with Crippen LogP contribution >= 0.6 is 0 Å². The van der Waals surface area contributed by atoms with Gasteiger partial charge in [0.15, 0.2) is 0 Å². The zero-order chi connectivity index (χ0) is 14.7. The molecule has 3 heterocycles. The molecule has 0 aromatic carbocycles. The maximum atomic E-state index is 13.7. The second-order valence-corrected chi connectivity index (χ2v) is 6.27. The number of hydrogen-bond acceptors (Lipinski definition) is 4. The number of nitrogens with zero attached hydrogens (tertiary/aromatic N) is 2. The zero-order valence-electron chi connectivity index (χ0n) is 12.6. The largest absolute Gasteiger partial charge is 0.385 e. The molecule has 5 heteroatoms. The fourth-order valence-electron chi connectivity index (χ4n) is 3.53. The van der Waals surface area contributed by atoms with Gasteiger partial charge in [-0.3, -0.25) is 9.88 Å². The summed E-state index contributed by atoms with van der Waals surface area (Å²) < 4.78 is 24.9. The maximum Gasteiger partial charge on any atom is 0.145 e. The zero-order valence-corrected chi connectivity index (χ0v) is 12.6. The second kappa shape index (κ2) is 6.38. The lowest BCUT2D eigenvalue weighted by molar-refractivity contribution is 0.0107. The Labute approximate surface area is 125 Å². The molecule has 0 amide bonds. The Morgan fingerprint density at radius 1 is 1.57 bits per heavy atom. The van der Waals surface area contributed by atoms with Crippen molar-refractivity contribution in [3.8, 4) is 0 Å². The molecule has 3 rings (SSSR count). The first kappa shape index (κ1) is 14.9. The van der Waals surface area contributed by atoms with E-state index in [2.05, 4.69) is 9.88 Å². The lowest BCUT2D eigenvalue weighted by Crippen LogP contribution is -2.32. The fraction of sp³-hybridized carbons (Fsp3) is 0.688. The minimum atomic E-state index is -0.219. The van der Waals surface area contributed by atoms with Crippen LogP contribution in [0.5, 0.6) is 0 Å². The third-order valence-electron chi connectivity index (χ3n) is 4.66. The average Bonchev–Trinajstić information content (AvgIpc) is 3.07. The van der Waals surface area contributed by atoms with Crippen molar-refractivity contribution in [1.29, 1.82) is 0 Å². The second-order valence-electron chi connectivity index (χ2n) is 6.27. The highest BCUT2D eigenvalue weighted by Crippen LogP contribution is 2.39. The van der Waals surface area contributed by atoms with Crippen molar-refractivity contribution in [2.24, 2.45) is 5.92 Å². The van der Waals surface area contributed by atoms with Crippen LogP contribution in [0.25, 0.3) is 0 Å². The Morgan fingerprint density at radius 2 is 2.48 bits per heavy atom. The van der Waals surface area contributed by atoms with E-state index in [4.69, 9.17) is 9.47 Å². The van der Waals surface area contributed by atoms with E-state index in [-0.39, 0.29) is 11.4 Å². The molecule has 0 saturated carbocycles. The van der Waals surface area contributed by atoms with E-state index in [0.29, 0.717) is 12.5 Å². The highest BCUT2D eigenvalue weighted by molar-refractivity contribution is 5.13. The van der Waals surface area contributed by atoms with Crippen molar-refractivity contribution in [3.05, 3.63) is 29.8 Å². The number of pyridine rings is 1. The lowest BCUT2D eigenvalue weighted by Gasteiger charge is -2.23. The summed E-state index contributed by atoms with van der Waals surface area (Å²) in [6.07, 6.45) is 6.15. The Kier molecular flexibility index (Phi) is 4.52. The number of rotatable bonds is 5. The third-order valence-corrected chi connectivity index (χ3v) is 4.66. The predicted molar refractivity (Wildman–Crippen MR) is 77.4 cm³/mol. The monoisotopic (exact) mass is 294 g/mol. The molecule has 1 aromatic heterocycles. The fourth-order valence-corrected chi connectivity index (χ4v) is 3.53. The van der Waals surface area contributed by atoms with E-state index >= 15 is 0 Å². The Bertz CT molecular complexity index is 485. The van der Waals surface area contributed by atoms with Gasteiger partial charge >= 0.3 is 0 Å². The van der Waals surface area contributed by atoms with E-state index in [1.807, 2.05) is 0 Å². The van der Waals surface area contributed by atoms with Gasteiger partial charge in [-0.25, -0.2) is 4.39 Å². The number of ether oxygens (including phenoxy) is 2. The molecule has 2 unspecified atom stereocenters. The van der Waals surface area contributed by atoms with E-state index in [9.17, 15) is 4.39 Å². The molecular weight excluding hydrogens is 271 g/mol. The standard InChI is InChI=1S/C16H23FN2O2/c1-20-7-3-13-8-16(21-11-13)4-6-19(12-16)10-14-2-5-18-9-15(14)17/h2,5,9,13H,3-4,6-8,10-12H2,1H3. The maximum absolute atomic E-state index is 13.7. The summed E-state index contributed by atoms with van der Waals surface area (Å²) in [6, 6.07) is 1.76. The Morgan fingerprint density at radius 3 is 3.29 bits per heavy atom. The summed E-state index contributed by atoms with van der Waals surface area (Å²) in [5.74, 6) is 0.381. The molecule has 2 fully saturated rings. The van der Waals surface area contributed by atoms with Gasteiger partial charge in [0, 0.05) is 45.1 Å². The van der Waals surface area contributed by atoms with Gasteiger partial charge in [0.25, 0.3) is 0 Å². The van der Waals surface area contributed by atoms with Crippen LogP contribution in [0.15, 0.2) is 18.5 Å². The average molecular weight is 294 g/mol. The molecule has 0 radical (unpaired) electrons. The van der Waals surface area contributed by atoms with Gasteiger partial charge in [-0.1, -0.05) is 0 Å². The molecular formula is C16H23FN2O2. The first-order valence-electron chi connectivity index (χ1n) is 7.64. The van der Waals surface area contributed by atoms with Gasteiger partial charge in [-0.2, -0.15) is 0 Å². The molecule has 0 N–H and O–H groups in total. The van der Waals surface area contributed by atoms with Crippen LogP contribution < -0.4 is 0 Å². The summed E-state index contributed by atoms with van der Waals surface area (Å²) in [4.78, 5) is 6.09. The van der Waals surface area contributed by atoms with Crippen molar-refractivity contribution < 1.29 is 13.9 Å². The minimum absolute atomic E-state index is 0.0120. The lowest BCUT2D eigenvalue weighted by atomic mass is 9.92. The van der Waals surface area contributed by atoms with E-state index in [0.717, 1.165) is 51.1 Å². The molecule has 116 valence electrons. The van der Waals surface area contributed by atoms with Gasteiger partial charge in [0.05, 0.1) is 18.4 Å². The number of methoxy groups -OCH3 is 1. The van der Waals surface area contributed by atoms with E-state index < -0.39 is 0 Å². The summed E-state index contributed by atoms with van der Waals surface area (Å²) in [5.41, 5.74) is 0.707. The molecule has 2 aliphatic rings. The van der Waals surface area contributed by atoms with Crippen LogP contribution in [0.2, 0.25) is 0 Å². The molecule has 2 atom stereocenters. The Hall–Kier alpha value is -1.04. The summed E-state index contributed by atoms with van der Waals surface area (Å²) in [6.45, 7) is 4.15. The SMILES string of the molecule is COCCC1COC2(CCN(Cc3ccncc3F)C2)C1. The van der Waals surface area contributed by atoms with E-state index in [1.165, 1.54) is 6.20 Å². The van der Waals surface area contributed by atoms with Gasteiger partial charge in [0.1, 0.15) is 5.82 Å². The summed E-state index contributed by atoms with van der Waals surface area (Å²) in [7, 11) is 1.74. The summed E-state index contributed by atoms with van der Waals surface area (Å²) in [5, 5.41) is 0. The molecule has 1 aromatic rings. The molecule has 21 heavy (non-hydrogen) atoms. The van der Waals surface area contributed by atoms with Crippen molar-refractivity contribution in [3.63, 3.8) is 0 Å². The van der Waals surface area contributed by atoms with Gasteiger partial charge in [0.2, 0.25) is 0 Å². The van der Waals surface area contributed by atoms with Crippen LogP contribution in [0.3, 0.4) is 0 Å². The third kappa shape index (κ3) is 3.42. The number of aromatic nitrogens is 1. The minimum Gasteiger partial charge on any atom is -0.385 e. The highest BCUT2D eigenvalue weighted by atomic mass is 19.1. The van der Waals surface area contributed by atoms with E-state index in [1.54, 1.807) is 19.4 Å². The Balaban J connectivity index is 1.55. The highest BCUT2D eigenvalue weighted by Gasteiger charge is 2.45. The molecule has 0 bridgehead atoms. The van der Waals surface area contributed by atoms with Gasteiger partial charge < -0.3 is 9.47 Å². The van der Waals surface area contributed by atoms with Crippen molar-refractivity contribution >= 4 is 0 Å². The number of hydrogen-bond donors (Lipinski definition) is 0. The van der Waals surface area contributed by atoms with Crippen LogP contribution in [-0.4, -0.2) is 48.9 Å². The molecule has 4 nitrogen and oxygen atoms in total. The topological polar surface area (TPSA) is 34.6 Å². The first-order chi connectivity index (χ1) is 10.2. The van der Waals surface area contributed by atoms with Crippen molar-refractivity contribution in [1.82, 2.24) is 9.88 Å². The normalized spacial score (nSPS) is 29.5. The van der Waals surface area contributed by atoms with Crippen LogP contribution in [0, 0.1) is 11.7 Å². The smallest absolute Gasteiger partial charge is 0.145 e. The van der Waals surface area contributed by atoms with Crippen molar-refractivity contribution in [2.75, 3.05) is 33.4 Å². The first-order valence-corrected chi connectivity index (χ1v) is 7.64. The molecule has 2 aliphatic heterocycles.